The lowest BCUT2D eigenvalue weighted by atomic mass is 9.98. The van der Waals surface area contributed by atoms with Gasteiger partial charge in [0.1, 0.15) is 23.8 Å². The molecule has 206 valence electrons. The van der Waals surface area contributed by atoms with Crippen LogP contribution in [0.5, 0.6) is 11.5 Å². The molecule has 0 atom stereocenters. The number of hydrogen-bond acceptors (Lipinski definition) is 6. The fourth-order valence-electron chi connectivity index (χ4n) is 4.49. The zero-order valence-corrected chi connectivity index (χ0v) is 22.5. The molecule has 2 amide bonds. The molecule has 0 fully saturated rings. The summed E-state index contributed by atoms with van der Waals surface area (Å²) >= 11 is 0.899. The Hall–Kier alpha value is -4.45. The maximum Gasteiger partial charge on any atom is 0.573 e. The lowest BCUT2D eigenvalue weighted by Gasteiger charge is -2.18. The normalized spacial score (nSPS) is 12.4. The Labute approximate surface area is 232 Å². The Morgan fingerprint density at radius 2 is 1.85 bits per heavy atom. The number of hydrogen-bond donors (Lipinski definition) is 2. The van der Waals surface area contributed by atoms with Crippen molar-refractivity contribution in [3.8, 4) is 34.0 Å². The number of para-hydroxylation sites is 1. The number of ether oxygens (including phenoxy) is 2. The summed E-state index contributed by atoms with van der Waals surface area (Å²) in [5.41, 5.74) is 7.25. The predicted octanol–water partition coefficient (Wildman–Crippen LogP) is 6.97. The van der Waals surface area contributed by atoms with Crippen LogP contribution in [0.25, 0.3) is 22.5 Å². The first-order valence-corrected chi connectivity index (χ1v) is 12.9. The van der Waals surface area contributed by atoms with E-state index in [4.69, 9.17) is 4.74 Å². The Balaban J connectivity index is 1.26. The number of benzene rings is 3. The second-order valence-corrected chi connectivity index (χ2v) is 9.66. The van der Waals surface area contributed by atoms with Crippen molar-refractivity contribution in [3.05, 3.63) is 82.9 Å². The van der Waals surface area contributed by atoms with Crippen LogP contribution >= 0.6 is 12.1 Å². The number of nitrogens with one attached hydrogen (secondary N) is 2. The van der Waals surface area contributed by atoms with Crippen molar-refractivity contribution >= 4 is 30.1 Å². The predicted molar refractivity (Wildman–Crippen MR) is 148 cm³/mol. The van der Waals surface area contributed by atoms with Gasteiger partial charge in [-0.1, -0.05) is 24.3 Å². The van der Waals surface area contributed by atoms with E-state index in [9.17, 15) is 18.0 Å². The molecule has 1 aliphatic heterocycles. The molecule has 0 saturated carbocycles. The summed E-state index contributed by atoms with van der Waals surface area (Å²) < 4.78 is 56.0. The van der Waals surface area contributed by atoms with Crippen molar-refractivity contribution in [1.29, 1.82) is 0 Å². The minimum Gasteiger partial charge on any atom is -0.488 e. The number of anilines is 1. The summed E-state index contributed by atoms with van der Waals surface area (Å²) in [7, 11) is 1.77. The van der Waals surface area contributed by atoms with Crippen molar-refractivity contribution in [2.75, 3.05) is 5.32 Å². The summed E-state index contributed by atoms with van der Waals surface area (Å²) in [6.45, 7) is 4.09. The highest BCUT2D eigenvalue weighted by Crippen LogP contribution is 2.41. The summed E-state index contributed by atoms with van der Waals surface area (Å²) in [5.74, 6) is 0.333. The topological polar surface area (TPSA) is 89.8 Å². The highest BCUT2D eigenvalue weighted by atomic mass is 32.2. The molecule has 3 aromatic carbocycles. The van der Waals surface area contributed by atoms with Gasteiger partial charge in [0.05, 0.1) is 17.8 Å². The summed E-state index contributed by atoms with van der Waals surface area (Å²) in [4.78, 5) is 12.2. The number of amides is 2. The number of rotatable bonds is 6. The van der Waals surface area contributed by atoms with Crippen LogP contribution in [0.1, 0.15) is 22.3 Å². The second kappa shape index (κ2) is 11.0. The van der Waals surface area contributed by atoms with Crippen molar-refractivity contribution in [3.63, 3.8) is 0 Å². The molecule has 0 spiro atoms. The molecule has 2 heterocycles. The number of alkyl halides is 3. The number of fused-ring (bicyclic) bond motifs is 3. The molecule has 40 heavy (non-hydrogen) atoms. The number of halogens is 3. The number of aromatic nitrogens is 2. The molecule has 12 heteroatoms. The molecule has 8 nitrogen and oxygen atoms in total. The van der Waals surface area contributed by atoms with E-state index in [1.165, 1.54) is 12.1 Å². The zero-order valence-electron chi connectivity index (χ0n) is 21.7. The van der Waals surface area contributed by atoms with E-state index in [1.807, 2.05) is 50.2 Å². The lowest BCUT2D eigenvalue weighted by Crippen LogP contribution is -2.23. The van der Waals surface area contributed by atoms with Gasteiger partial charge in [0.2, 0.25) is 0 Å². The lowest BCUT2D eigenvalue weighted by molar-refractivity contribution is -0.274. The molecular weight excluding hydrogens is 543 g/mol. The molecule has 0 bridgehead atoms. The first-order chi connectivity index (χ1) is 19.1. The molecular formula is C28H24F3N5O3S. The third-order valence-electron chi connectivity index (χ3n) is 6.25. The van der Waals surface area contributed by atoms with Gasteiger partial charge < -0.3 is 14.8 Å². The standard InChI is InChI=1S/C28H24F3N5O3S/c1-16-5-4-6-17(2)24(16)33-27(37)35-40-32-14-18-7-12-21-23(13-18)38-15-22-25(21)34-36(3)26(22)19-8-10-20(11-9-19)39-28(29,30)31/h4-14H,15H2,1-3H3,(H2,33,35,37)/b32-14+. The van der Waals surface area contributed by atoms with Crippen molar-refractivity contribution in [2.24, 2.45) is 11.4 Å². The fourth-order valence-corrected chi connectivity index (χ4v) is 4.85. The molecule has 1 aromatic heterocycles. The molecule has 0 unspecified atom stereocenters. The smallest absolute Gasteiger partial charge is 0.488 e. The van der Waals surface area contributed by atoms with Gasteiger partial charge in [-0.05, 0) is 66.9 Å². The van der Waals surface area contributed by atoms with E-state index in [-0.39, 0.29) is 18.4 Å². The minimum atomic E-state index is -4.75. The maximum absolute atomic E-state index is 12.5. The quantitative estimate of drug-likeness (QED) is 0.194. The van der Waals surface area contributed by atoms with E-state index in [2.05, 4.69) is 24.3 Å². The summed E-state index contributed by atoms with van der Waals surface area (Å²) in [6, 6.07) is 16.6. The minimum absolute atomic E-state index is 0.238. The summed E-state index contributed by atoms with van der Waals surface area (Å²) in [6.07, 6.45) is -3.14. The van der Waals surface area contributed by atoms with Crippen LogP contribution < -0.4 is 19.5 Å². The van der Waals surface area contributed by atoms with Crippen molar-refractivity contribution < 1.29 is 27.4 Å². The monoisotopic (exact) mass is 567 g/mol. The number of urea groups is 1. The first-order valence-electron chi connectivity index (χ1n) is 12.1. The molecule has 1 aliphatic rings. The van der Waals surface area contributed by atoms with Crippen LogP contribution in [-0.4, -0.2) is 28.4 Å². The SMILES string of the molecule is Cc1cccc(C)c1NC(=O)NS/N=C/c1ccc2c(c1)OCc1c-2nn(C)c1-c1ccc(OC(F)(F)F)cc1. The van der Waals surface area contributed by atoms with Gasteiger partial charge in [-0.2, -0.15) is 5.10 Å². The third kappa shape index (κ3) is 5.91. The van der Waals surface area contributed by atoms with E-state index in [1.54, 1.807) is 30.1 Å². The number of aryl methyl sites for hydroxylation is 3. The average molecular weight is 568 g/mol. The highest BCUT2D eigenvalue weighted by Gasteiger charge is 2.31. The van der Waals surface area contributed by atoms with Crippen molar-refractivity contribution in [1.82, 2.24) is 14.5 Å². The van der Waals surface area contributed by atoms with E-state index >= 15 is 0 Å². The Kier molecular flexibility index (Phi) is 7.44. The third-order valence-corrected chi connectivity index (χ3v) is 6.74. The Morgan fingerprint density at radius 3 is 2.55 bits per heavy atom. The van der Waals surface area contributed by atoms with Crippen LogP contribution in [0.3, 0.4) is 0 Å². The van der Waals surface area contributed by atoms with Gasteiger partial charge in [-0.3, -0.25) is 9.40 Å². The van der Waals surface area contributed by atoms with E-state index in [0.29, 0.717) is 11.3 Å². The maximum atomic E-state index is 12.5. The van der Waals surface area contributed by atoms with Crippen LogP contribution in [0.4, 0.5) is 23.7 Å². The highest BCUT2D eigenvalue weighted by molar-refractivity contribution is 7.96. The van der Waals surface area contributed by atoms with E-state index in [0.717, 1.165) is 57.0 Å². The average Bonchev–Trinajstić information content (AvgIpc) is 3.24. The molecule has 0 radical (unpaired) electrons. The Bertz CT molecular complexity index is 1580. The zero-order chi connectivity index (χ0) is 28.4. The largest absolute Gasteiger partial charge is 0.573 e. The van der Waals surface area contributed by atoms with Crippen LogP contribution in [0.15, 0.2) is 65.1 Å². The van der Waals surface area contributed by atoms with Gasteiger partial charge in [0, 0.05) is 35.6 Å². The fraction of sp³-hybridized carbons (Fsp3) is 0.179. The van der Waals surface area contributed by atoms with Crippen LogP contribution in [-0.2, 0) is 13.7 Å². The van der Waals surface area contributed by atoms with Crippen LogP contribution in [0, 0.1) is 13.8 Å². The second-order valence-electron chi connectivity index (χ2n) is 9.06. The molecule has 5 rings (SSSR count). The Morgan fingerprint density at radius 1 is 1.12 bits per heavy atom. The molecule has 0 saturated heterocycles. The number of carbonyl (C=O) groups excluding carboxylic acids is 1. The van der Waals surface area contributed by atoms with Gasteiger partial charge in [-0.15, -0.1) is 13.2 Å². The van der Waals surface area contributed by atoms with Gasteiger partial charge >= 0.3 is 12.4 Å². The number of nitrogens with zero attached hydrogens (tertiary/aromatic N) is 3. The molecule has 0 aliphatic carbocycles. The van der Waals surface area contributed by atoms with E-state index < -0.39 is 6.36 Å². The van der Waals surface area contributed by atoms with Gasteiger partial charge in [0.15, 0.2) is 0 Å². The van der Waals surface area contributed by atoms with Crippen molar-refractivity contribution in [2.45, 2.75) is 26.8 Å². The number of carbonyl (C=O) groups is 1. The van der Waals surface area contributed by atoms with Gasteiger partial charge in [0.25, 0.3) is 0 Å². The molecule has 2 N–H and O–H groups in total. The molecule has 4 aromatic rings. The van der Waals surface area contributed by atoms with Gasteiger partial charge in [-0.25, -0.2) is 9.19 Å². The first kappa shape index (κ1) is 27.1. The van der Waals surface area contributed by atoms with Crippen LogP contribution in [0.2, 0.25) is 0 Å². The summed E-state index contributed by atoms with van der Waals surface area (Å²) in [5, 5.41) is 7.49.